The monoisotopic (exact) mass is 375 g/mol. The molecule has 0 bridgehead atoms. The minimum atomic E-state index is 0.221. The predicted molar refractivity (Wildman–Crippen MR) is 106 cm³/mol. The fraction of sp³-hybridized carbons (Fsp3) is 0.857. The molecule has 0 saturated heterocycles. The summed E-state index contributed by atoms with van der Waals surface area (Å²) in [6.07, 6.45) is 11.3. The lowest BCUT2D eigenvalue weighted by Gasteiger charge is -2.32. The maximum absolute atomic E-state index is 12.8. The van der Waals surface area contributed by atoms with Crippen LogP contribution in [0.25, 0.3) is 0 Å². The molecule has 0 spiro atoms. The van der Waals surface area contributed by atoms with Crippen molar-refractivity contribution in [3.05, 3.63) is 0 Å². The maximum Gasteiger partial charge on any atom is 0.245 e. The molecule has 4 aliphatic rings. The Kier molecular flexibility index (Phi) is 6.30. The van der Waals surface area contributed by atoms with Crippen molar-refractivity contribution in [3.63, 3.8) is 0 Å². The number of hydrogen-bond acceptors (Lipinski definition) is 3. The average Bonchev–Trinajstić information content (AvgIpc) is 2.76. The third-order valence-corrected chi connectivity index (χ3v) is 6.96. The molecule has 150 valence electrons. The molecular weight excluding hydrogens is 338 g/mol. The van der Waals surface area contributed by atoms with E-state index in [1.165, 1.54) is 37.4 Å². The Hall–Kier alpha value is -1.59. The Morgan fingerprint density at radius 2 is 1.30 bits per heavy atom. The molecule has 0 aromatic rings. The van der Waals surface area contributed by atoms with Crippen LogP contribution in [0.5, 0.6) is 0 Å². The fourth-order valence-electron chi connectivity index (χ4n) is 5.26. The summed E-state index contributed by atoms with van der Waals surface area (Å²) in [6.45, 7) is 4.39. The van der Waals surface area contributed by atoms with Crippen LogP contribution in [-0.2, 0) is 4.79 Å². The van der Waals surface area contributed by atoms with Crippen molar-refractivity contribution in [2.24, 2.45) is 17.8 Å². The van der Waals surface area contributed by atoms with Gasteiger partial charge in [-0.05, 0) is 51.4 Å². The van der Waals surface area contributed by atoms with Crippen LogP contribution in [0.1, 0.15) is 64.2 Å². The first-order chi connectivity index (χ1) is 13.3. The Morgan fingerprint density at radius 1 is 0.778 bits per heavy atom. The summed E-state index contributed by atoms with van der Waals surface area (Å²) < 4.78 is 0. The highest BCUT2D eigenvalue weighted by Gasteiger charge is 2.34. The van der Waals surface area contributed by atoms with Crippen LogP contribution in [-0.4, -0.2) is 49.8 Å². The number of rotatable bonds is 4. The molecule has 2 aliphatic heterocycles. The lowest BCUT2D eigenvalue weighted by Crippen LogP contribution is -2.80. The second-order valence-corrected chi connectivity index (χ2v) is 8.85. The van der Waals surface area contributed by atoms with E-state index in [1.807, 2.05) is 0 Å². The van der Waals surface area contributed by atoms with Crippen molar-refractivity contribution < 1.29 is 14.8 Å². The number of amides is 1. The molecule has 6 heteroatoms. The van der Waals surface area contributed by atoms with E-state index < -0.39 is 0 Å². The van der Waals surface area contributed by atoms with Crippen molar-refractivity contribution in [1.82, 2.24) is 16.0 Å². The molecule has 2 heterocycles. The number of carbonyl (C=O) groups excluding carboxylic acids is 1. The van der Waals surface area contributed by atoms with Gasteiger partial charge in [0.05, 0.1) is 38.0 Å². The average molecular weight is 376 g/mol. The fourth-order valence-corrected chi connectivity index (χ4v) is 5.26. The van der Waals surface area contributed by atoms with Crippen molar-refractivity contribution in [3.8, 4) is 0 Å². The predicted octanol–water partition coefficient (Wildman–Crippen LogP) is -1.59. The molecule has 0 aromatic carbocycles. The van der Waals surface area contributed by atoms with Gasteiger partial charge >= 0.3 is 0 Å². The van der Waals surface area contributed by atoms with E-state index >= 15 is 0 Å². The molecule has 6 nitrogen and oxygen atoms in total. The third kappa shape index (κ3) is 4.82. The normalized spacial score (nSPS) is 34.5. The molecule has 5 N–H and O–H groups in total. The summed E-state index contributed by atoms with van der Waals surface area (Å²) in [5.74, 6) is 4.47. The smallest absolute Gasteiger partial charge is 0.245 e. The van der Waals surface area contributed by atoms with Gasteiger partial charge < -0.3 is 5.32 Å². The van der Waals surface area contributed by atoms with Crippen LogP contribution in [0.3, 0.4) is 0 Å². The minimum Gasteiger partial charge on any atom is -0.353 e. The second-order valence-electron chi connectivity index (χ2n) is 8.85. The van der Waals surface area contributed by atoms with Gasteiger partial charge in [0, 0.05) is 24.8 Å². The highest BCUT2D eigenvalue weighted by atomic mass is 16.1. The molecule has 0 atom stereocenters. The summed E-state index contributed by atoms with van der Waals surface area (Å²) in [7, 11) is 0. The quantitative estimate of drug-likeness (QED) is 0.411. The largest absolute Gasteiger partial charge is 0.353 e. The van der Waals surface area contributed by atoms with E-state index in [1.54, 1.807) is 0 Å². The van der Waals surface area contributed by atoms with Gasteiger partial charge in [-0.2, -0.15) is 0 Å². The topological polar surface area (TPSA) is 81.1 Å². The summed E-state index contributed by atoms with van der Waals surface area (Å²) in [4.78, 5) is 19.8. The SMILES string of the molecule is O=C(NC1CCC(C2=[NH+]CCCN2)CC1)C1CCC(C2=[NH+]CCCN2)CC1. The third-order valence-electron chi connectivity index (χ3n) is 6.96. The van der Waals surface area contributed by atoms with Crippen molar-refractivity contribution in [1.29, 1.82) is 0 Å². The van der Waals surface area contributed by atoms with Gasteiger partial charge in [0.15, 0.2) is 0 Å². The van der Waals surface area contributed by atoms with E-state index in [2.05, 4.69) is 25.9 Å². The molecule has 1 amide bonds. The number of carbonyl (C=O) groups is 1. The molecule has 27 heavy (non-hydrogen) atoms. The molecule has 0 aromatic heterocycles. The minimum absolute atomic E-state index is 0.221. The molecule has 0 unspecified atom stereocenters. The first-order valence-corrected chi connectivity index (χ1v) is 11.3. The van der Waals surface area contributed by atoms with Gasteiger partial charge in [0.1, 0.15) is 0 Å². The Balaban J connectivity index is 1.19. The molecular formula is C21H37N5O+2. The summed E-state index contributed by atoms with van der Waals surface area (Å²) >= 11 is 0. The van der Waals surface area contributed by atoms with Crippen LogP contribution in [0.15, 0.2) is 0 Å². The highest BCUT2D eigenvalue weighted by Crippen LogP contribution is 2.30. The zero-order chi connectivity index (χ0) is 18.5. The molecule has 2 aliphatic carbocycles. The first kappa shape index (κ1) is 18.8. The van der Waals surface area contributed by atoms with E-state index in [0.29, 0.717) is 23.8 Å². The zero-order valence-corrected chi connectivity index (χ0v) is 16.6. The summed E-state index contributed by atoms with van der Waals surface area (Å²) in [5.41, 5.74) is 0. The standard InChI is InChI=1S/C21H35N5O/c27-21(17-5-3-15(4-6-17)19-22-11-1-12-23-19)26-18-9-7-16(8-10-18)20-24-13-2-14-25-20/h15-18H,1-14H2,(H,22,23)(H,24,25)(H,26,27)/p+2. The van der Waals surface area contributed by atoms with Crippen molar-refractivity contribution >= 4 is 17.6 Å². The van der Waals surface area contributed by atoms with E-state index in [9.17, 15) is 4.79 Å². The van der Waals surface area contributed by atoms with Crippen molar-refractivity contribution in [2.45, 2.75) is 70.3 Å². The maximum atomic E-state index is 12.8. The zero-order valence-electron chi connectivity index (χ0n) is 16.6. The van der Waals surface area contributed by atoms with Crippen molar-refractivity contribution in [2.75, 3.05) is 26.2 Å². The van der Waals surface area contributed by atoms with Crippen LogP contribution in [0, 0.1) is 17.8 Å². The van der Waals surface area contributed by atoms with Gasteiger partial charge in [-0.25, -0.2) is 0 Å². The number of nitrogens with one attached hydrogen (secondary N) is 5. The van der Waals surface area contributed by atoms with Crippen LogP contribution in [0.2, 0.25) is 0 Å². The highest BCUT2D eigenvalue weighted by molar-refractivity contribution is 5.82. The Morgan fingerprint density at radius 3 is 1.78 bits per heavy atom. The van der Waals surface area contributed by atoms with Gasteiger partial charge in [0.2, 0.25) is 17.6 Å². The summed E-state index contributed by atoms with van der Waals surface area (Å²) in [5, 5.41) is 10.4. The molecule has 2 saturated carbocycles. The van der Waals surface area contributed by atoms with Crippen LogP contribution >= 0.6 is 0 Å². The van der Waals surface area contributed by atoms with Gasteiger partial charge in [-0.3, -0.25) is 25.4 Å². The molecule has 4 rings (SSSR count). The van der Waals surface area contributed by atoms with Gasteiger partial charge in [-0.1, -0.05) is 0 Å². The lowest BCUT2D eigenvalue weighted by molar-refractivity contribution is -0.467. The van der Waals surface area contributed by atoms with Gasteiger partial charge in [-0.15, -0.1) is 0 Å². The summed E-state index contributed by atoms with van der Waals surface area (Å²) in [6, 6.07) is 0.381. The first-order valence-electron chi connectivity index (χ1n) is 11.3. The van der Waals surface area contributed by atoms with E-state index in [0.717, 1.165) is 64.7 Å². The number of amidine groups is 2. The van der Waals surface area contributed by atoms with Gasteiger partial charge in [0.25, 0.3) is 0 Å². The molecule has 2 fully saturated rings. The second kappa shape index (κ2) is 9.07. The molecule has 0 radical (unpaired) electrons. The van der Waals surface area contributed by atoms with E-state index in [4.69, 9.17) is 0 Å². The Bertz CT molecular complexity index is 571. The number of hydrogen-bond donors (Lipinski definition) is 5. The lowest BCUT2D eigenvalue weighted by atomic mass is 9.80. The van der Waals surface area contributed by atoms with E-state index in [-0.39, 0.29) is 5.92 Å². The Labute approximate surface area is 163 Å². The van der Waals surface area contributed by atoms with Crippen LogP contribution < -0.4 is 25.9 Å². The van der Waals surface area contributed by atoms with Crippen LogP contribution in [0.4, 0.5) is 0 Å².